The maximum Gasteiger partial charge on any atom is 0.175 e. The predicted octanol–water partition coefficient (Wildman–Crippen LogP) is 4.55. The van der Waals surface area contributed by atoms with Crippen LogP contribution in [0.25, 0.3) is 0 Å². The minimum atomic E-state index is 0.467. The number of hydrogen-bond acceptors (Lipinski definition) is 4. The molecule has 0 aromatic heterocycles. The number of ether oxygens (including phenoxy) is 3. The van der Waals surface area contributed by atoms with Gasteiger partial charge in [-0.1, -0.05) is 37.3 Å². The lowest BCUT2D eigenvalue weighted by atomic mass is 10.2. The molecule has 0 spiro atoms. The Labute approximate surface area is 158 Å². The van der Waals surface area contributed by atoms with E-state index in [1.807, 2.05) is 36.4 Å². The van der Waals surface area contributed by atoms with E-state index in [0.717, 1.165) is 40.9 Å². The van der Waals surface area contributed by atoms with Crippen molar-refractivity contribution in [2.45, 2.75) is 26.5 Å². The first-order valence-corrected chi connectivity index (χ1v) is 9.35. The zero-order chi connectivity index (χ0) is 17.9. The molecule has 0 amide bonds. The van der Waals surface area contributed by atoms with Gasteiger partial charge >= 0.3 is 0 Å². The van der Waals surface area contributed by atoms with Crippen LogP contribution in [-0.4, -0.2) is 26.9 Å². The maximum atomic E-state index is 5.86. The third kappa shape index (κ3) is 6.69. The van der Waals surface area contributed by atoms with Crippen LogP contribution in [0.5, 0.6) is 11.5 Å². The molecule has 0 unspecified atom stereocenters. The number of rotatable bonds is 11. The topological polar surface area (TPSA) is 39.7 Å². The maximum absolute atomic E-state index is 5.86. The van der Waals surface area contributed by atoms with E-state index in [2.05, 4.69) is 34.2 Å². The fourth-order valence-corrected chi connectivity index (χ4v) is 3.00. The molecular weight excluding hydrogens is 382 g/mol. The van der Waals surface area contributed by atoms with Crippen LogP contribution in [0, 0.1) is 0 Å². The summed E-state index contributed by atoms with van der Waals surface area (Å²) < 4.78 is 17.9. The van der Waals surface area contributed by atoms with Gasteiger partial charge in [0.1, 0.15) is 6.61 Å². The molecule has 0 fully saturated rings. The molecular formula is C20H26BrNO3. The SMILES string of the molecule is CCCNCc1cc(Br)c(OCCOCc2ccccc2)c(OC)c1. The fraction of sp³-hybridized carbons (Fsp3) is 0.400. The van der Waals surface area contributed by atoms with Crippen molar-refractivity contribution in [2.24, 2.45) is 0 Å². The first-order chi connectivity index (χ1) is 12.2. The van der Waals surface area contributed by atoms with Crippen LogP contribution in [0.2, 0.25) is 0 Å². The highest BCUT2D eigenvalue weighted by molar-refractivity contribution is 9.10. The Bertz CT molecular complexity index is 634. The van der Waals surface area contributed by atoms with Gasteiger partial charge in [0.15, 0.2) is 11.5 Å². The van der Waals surface area contributed by atoms with Crippen molar-refractivity contribution >= 4 is 15.9 Å². The van der Waals surface area contributed by atoms with Gasteiger partial charge in [-0.05, 0) is 52.2 Å². The van der Waals surface area contributed by atoms with Crippen molar-refractivity contribution in [2.75, 3.05) is 26.9 Å². The molecule has 0 atom stereocenters. The largest absolute Gasteiger partial charge is 0.493 e. The van der Waals surface area contributed by atoms with Crippen LogP contribution < -0.4 is 14.8 Å². The lowest BCUT2D eigenvalue weighted by Gasteiger charge is -2.15. The fourth-order valence-electron chi connectivity index (χ4n) is 2.39. The van der Waals surface area contributed by atoms with Gasteiger partial charge in [0.05, 0.1) is 24.8 Å². The van der Waals surface area contributed by atoms with Gasteiger partial charge in [-0.2, -0.15) is 0 Å². The van der Waals surface area contributed by atoms with Gasteiger partial charge in [0.25, 0.3) is 0 Å². The van der Waals surface area contributed by atoms with E-state index >= 15 is 0 Å². The zero-order valence-electron chi connectivity index (χ0n) is 14.9. The highest BCUT2D eigenvalue weighted by Crippen LogP contribution is 2.36. The van der Waals surface area contributed by atoms with Gasteiger partial charge in [-0.15, -0.1) is 0 Å². The highest BCUT2D eigenvalue weighted by Gasteiger charge is 2.11. The third-order valence-electron chi connectivity index (χ3n) is 3.63. The van der Waals surface area contributed by atoms with Gasteiger partial charge in [0, 0.05) is 6.54 Å². The average molecular weight is 408 g/mol. The normalized spacial score (nSPS) is 10.7. The molecule has 25 heavy (non-hydrogen) atoms. The first kappa shape index (κ1) is 19.8. The number of benzene rings is 2. The van der Waals surface area contributed by atoms with Crippen molar-refractivity contribution in [1.82, 2.24) is 5.32 Å². The van der Waals surface area contributed by atoms with Crippen LogP contribution in [0.3, 0.4) is 0 Å². The van der Waals surface area contributed by atoms with E-state index in [1.165, 1.54) is 0 Å². The van der Waals surface area contributed by atoms with Gasteiger partial charge in [-0.3, -0.25) is 0 Å². The van der Waals surface area contributed by atoms with E-state index in [0.29, 0.717) is 25.6 Å². The summed E-state index contributed by atoms with van der Waals surface area (Å²) in [5, 5.41) is 3.39. The highest BCUT2D eigenvalue weighted by atomic mass is 79.9. The lowest BCUT2D eigenvalue weighted by Crippen LogP contribution is -2.14. The molecule has 0 saturated heterocycles. The smallest absolute Gasteiger partial charge is 0.175 e. The molecule has 0 aliphatic carbocycles. The van der Waals surface area contributed by atoms with Gasteiger partial charge < -0.3 is 19.5 Å². The van der Waals surface area contributed by atoms with Crippen LogP contribution in [-0.2, 0) is 17.9 Å². The Hall–Kier alpha value is -1.56. The molecule has 2 rings (SSSR count). The second-order valence-corrected chi connectivity index (χ2v) is 6.53. The zero-order valence-corrected chi connectivity index (χ0v) is 16.5. The van der Waals surface area contributed by atoms with Crippen molar-refractivity contribution < 1.29 is 14.2 Å². The Balaban J connectivity index is 1.83. The monoisotopic (exact) mass is 407 g/mol. The first-order valence-electron chi connectivity index (χ1n) is 8.56. The van der Waals surface area contributed by atoms with E-state index in [1.54, 1.807) is 7.11 Å². The molecule has 5 heteroatoms. The van der Waals surface area contributed by atoms with E-state index in [9.17, 15) is 0 Å². The Kier molecular flexibility index (Phi) is 8.80. The molecule has 136 valence electrons. The minimum absolute atomic E-state index is 0.467. The van der Waals surface area contributed by atoms with Crippen LogP contribution in [0.4, 0.5) is 0 Å². The molecule has 4 nitrogen and oxygen atoms in total. The van der Waals surface area contributed by atoms with E-state index < -0.39 is 0 Å². The summed E-state index contributed by atoms with van der Waals surface area (Å²) in [5.41, 5.74) is 2.31. The summed E-state index contributed by atoms with van der Waals surface area (Å²) in [6, 6.07) is 14.2. The molecule has 0 aliphatic heterocycles. The van der Waals surface area contributed by atoms with E-state index in [-0.39, 0.29) is 0 Å². The summed E-state index contributed by atoms with van der Waals surface area (Å²) in [6.07, 6.45) is 1.11. The second-order valence-electron chi connectivity index (χ2n) is 5.67. The average Bonchev–Trinajstić information content (AvgIpc) is 2.63. The second kappa shape index (κ2) is 11.1. The molecule has 1 N–H and O–H groups in total. The Morgan fingerprint density at radius 2 is 1.84 bits per heavy atom. The predicted molar refractivity (Wildman–Crippen MR) is 104 cm³/mol. The van der Waals surface area contributed by atoms with Crippen LogP contribution >= 0.6 is 15.9 Å². The molecule has 2 aromatic rings. The summed E-state index contributed by atoms with van der Waals surface area (Å²) in [6.45, 7) is 5.53. The Morgan fingerprint density at radius 3 is 2.56 bits per heavy atom. The molecule has 0 heterocycles. The number of hydrogen-bond donors (Lipinski definition) is 1. The van der Waals surface area contributed by atoms with Crippen molar-refractivity contribution in [3.8, 4) is 11.5 Å². The summed E-state index contributed by atoms with van der Waals surface area (Å²) in [4.78, 5) is 0. The van der Waals surface area contributed by atoms with Crippen molar-refractivity contribution in [1.29, 1.82) is 0 Å². The van der Waals surface area contributed by atoms with Crippen molar-refractivity contribution in [3.63, 3.8) is 0 Å². The summed E-state index contributed by atoms with van der Waals surface area (Å²) in [7, 11) is 1.66. The standard InChI is InChI=1S/C20H26BrNO3/c1-3-9-22-14-17-12-18(21)20(19(13-17)23-2)25-11-10-24-15-16-7-5-4-6-8-16/h4-8,12-13,22H,3,9-11,14-15H2,1-2H3. The van der Waals surface area contributed by atoms with Crippen LogP contribution in [0.1, 0.15) is 24.5 Å². The van der Waals surface area contributed by atoms with Gasteiger partial charge in [-0.25, -0.2) is 0 Å². The number of halogens is 1. The Morgan fingerprint density at radius 1 is 1.04 bits per heavy atom. The molecule has 0 saturated carbocycles. The van der Waals surface area contributed by atoms with Gasteiger partial charge in [0.2, 0.25) is 0 Å². The molecule has 0 radical (unpaired) electrons. The molecule has 2 aromatic carbocycles. The third-order valence-corrected chi connectivity index (χ3v) is 4.22. The summed E-state index contributed by atoms with van der Waals surface area (Å²) in [5.74, 6) is 1.44. The molecule has 0 aliphatic rings. The molecule has 0 bridgehead atoms. The summed E-state index contributed by atoms with van der Waals surface area (Å²) >= 11 is 3.58. The van der Waals surface area contributed by atoms with Crippen LogP contribution in [0.15, 0.2) is 46.9 Å². The van der Waals surface area contributed by atoms with E-state index in [4.69, 9.17) is 14.2 Å². The lowest BCUT2D eigenvalue weighted by molar-refractivity contribution is 0.0877. The number of nitrogens with one attached hydrogen (secondary N) is 1. The number of methoxy groups -OCH3 is 1. The van der Waals surface area contributed by atoms with Crippen molar-refractivity contribution in [3.05, 3.63) is 58.1 Å². The quantitative estimate of drug-likeness (QED) is 0.554. The minimum Gasteiger partial charge on any atom is -0.493 e.